The summed E-state index contributed by atoms with van der Waals surface area (Å²) in [5.74, 6) is -2.46. The summed E-state index contributed by atoms with van der Waals surface area (Å²) in [7, 11) is 0. The van der Waals surface area contributed by atoms with Gasteiger partial charge in [-0.15, -0.1) is 0 Å². The predicted octanol–water partition coefficient (Wildman–Crippen LogP) is -1.48. The average molecular weight is 146 g/mol. The summed E-state index contributed by atoms with van der Waals surface area (Å²) < 4.78 is 0. The molecule has 0 heterocycles. The van der Waals surface area contributed by atoms with Crippen molar-refractivity contribution in [3.63, 3.8) is 0 Å². The van der Waals surface area contributed by atoms with Crippen LogP contribution < -0.4 is 11.5 Å². The molecule has 0 radical (unpaired) electrons. The molecule has 0 saturated carbocycles. The number of nitrogens with two attached hydrogens (primary N) is 2. The first kappa shape index (κ1) is 8.90. The highest BCUT2D eigenvalue weighted by molar-refractivity contribution is 5.81. The molecule has 0 rings (SSSR count). The van der Waals surface area contributed by atoms with Crippen LogP contribution in [-0.2, 0) is 9.59 Å². The van der Waals surface area contributed by atoms with E-state index < -0.39 is 17.8 Å². The molecule has 10 heavy (non-hydrogen) atoms. The van der Waals surface area contributed by atoms with Crippen molar-refractivity contribution >= 4 is 11.9 Å². The Labute approximate surface area is 58.0 Å². The largest absolute Gasteiger partial charge is 0.481 e. The lowest BCUT2D eigenvalue weighted by Crippen LogP contribution is -2.31. The Balaban J connectivity index is 3.83. The molecule has 1 amide bonds. The fourth-order valence-electron chi connectivity index (χ4n) is 0.511. The summed E-state index contributed by atoms with van der Waals surface area (Å²) in [6, 6.07) is 0. The Kier molecular flexibility index (Phi) is 3.42. The predicted molar refractivity (Wildman–Crippen MR) is 34.0 cm³/mol. The lowest BCUT2D eigenvalue weighted by Gasteiger charge is -2.05. The normalized spacial score (nSPS) is 12.5. The summed E-state index contributed by atoms with van der Waals surface area (Å²) in [5.41, 5.74) is 9.87. The second-order valence-corrected chi connectivity index (χ2v) is 1.93. The smallest absolute Gasteiger partial charge is 0.304 e. The number of carbonyl (C=O) groups excluding carboxylic acids is 1. The number of hydrogen-bond donors (Lipinski definition) is 3. The molecule has 0 aromatic heterocycles. The number of amides is 1. The zero-order valence-electron chi connectivity index (χ0n) is 5.41. The van der Waals surface area contributed by atoms with Crippen LogP contribution in [-0.4, -0.2) is 23.5 Å². The van der Waals surface area contributed by atoms with Crippen LogP contribution in [0.15, 0.2) is 0 Å². The van der Waals surface area contributed by atoms with Crippen LogP contribution in [0.1, 0.15) is 6.42 Å². The molecule has 58 valence electrons. The van der Waals surface area contributed by atoms with E-state index in [-0.39, 0.29) is 13.0 Å². The second-order valence-electron chi connectivity index (χ2n) is 1.93. The van der Waals surface area contributed by atoms with Gasteiger partial charge in [0.2, 0.25) is 5.91 Å². The quantitative estimate of drug-likeness (QED) is 0.449. The van der Waals surface area contributed by atoms with E-state index in [1.807, 2.05) is 0 Å². The van der Waals surface area contributed by atoms with Gasteiger partial charge in [-0.2, -0.15) is 0 Å². The highest BCUT2D eigenvalue weighted by Gasteiger charge is 2.16. The van der Waals surface area contributed by atoms with Crippen LogP contribution in [0.3, 0.4) is 0 Å². The van der Waals surface area contributed by atoms with E-state index >= 15 is 0 Å². The Morgan fingerprint density at radius 3 is 2.10 bits per heavy atom. The highest BCUT2D eigenvalue weighted by atomic mass is 16.4. The molecular weight excluding hydrogens is 136 g/mol. The van der Waals surface area contributed by atoms with Crippen LogP contribution in [0.25, 0.3) is 0 Å². The third-order valence-electron chi connectivity index (χ3n) is 1.11. The molecule has 5 N–H and O–H groups in total. The van der Waals surface area contributed by atoms with Crippen molar-refractivity contribution in [2.24, 2.45) is 17.4 Å². The number of aliphatic carboxylic acids is 1. The monoisotopic (exact) mass is 146 g/mol. The van der Waals surface area contributed by atoms with Crippen molar-refractivity contribution in [3.8, 4) is 0 Å². The summed E-state index contributed by atoms with van der Waals surface area (Å²) in [6.45, 7) is -0.0123. The molecule has 0 aromatic carbocycles. The maximum atomic E-state index is 10.3. The molecule has 0 bridgehead atoms. The Morgan fingerprint density at radius 1 is 1.50 bits per heavy atom. The summed E-state index contributed by atoms with van der Waals surface area (Å²) in [4.78, 5) is 20.4. The van der Waals surface area contributed by atoms with Crippen molar-refractivity contribution in [1.82, 2.24) is 0 Å². The zero-order valence-corrected chi connectivity index (χ0v) is 5.41. The number of carbonyl (C=O) groups is 2. The molecule has 5 heteroatoms. The van der Waals surface area contributed by atoms with Gasteiger partial charge in [-0.3, -0.25) is 9.59 Å². The molecule has 5 nitrogen and oxygen atoms in total. The number of primary amides is 1. The van der Waals surface area contributed by atoms with Gasteiger partial charge in [0.1, 0.15) is 0 Å². The molecule has 1 unspecified atom stereocenters. The lowest BCUT2D eigenvalue weighted by molar-refractivity contribution is -0.140. The van der Waals surface area contributed by atoms with E-state index in [0.717, 1.165) is 0 Å². The van der Waals surface area contributed by atoms with Crippen LogP contribution in [0, 0.1) is 5.92 Å². The van der Waals surface area contributed by atoms with Crippen LogP contribution >= 0.6 is 0 Å². The van der Waals surface area contributed by atoms with Crippen LogP contribution in [0.5, 0.6) is 0 Å². The molecular formula is C5H10N2O3. The van der Waals surface area contributed by atoms with Crippen molar-refractivity contribution < 1.29 is 14.7 Å². The SMILES string of the molecule is NCC(CC(=O)O)C(N)=O. The molecule has 0 spiro atoms. The average Bonchev–Trinajstić information content (AvgIpc) is 1.81. The maximum Gasteiger partial charge on any atom is 0.304 e. The first-order valence-corrected chi connectivity index (χ1v) is 2.79. The minimum atomic E-state index is -1.06. The number of carboxylic acid groups (broad SMARTS) is 1. The third kappa shape index (κ3) is 3.03. The second kappa shape index (κ2) is 3.84. The lowest BCUT2D eigenvalue weighted by atomic mass is 10.1. The van der Waals surface area contributed by atoms with Crippen molar-refractivity contribution in [2.75, 3.05) is 6.54 Å². The fraction of sp³-hybridized carbons (Fsp3) is 0.600. The Bertz CT molecular complexity index is 146. The van der Waals surface area contributed by atoms with Crippen molar-refractivity contribution in [1.29, 1.82) is 0 Å². The van der Waals surface area contributed by atoms with Gasteiger partial charge in [0.05, 0.1) is 12.3 Å². The van der Waals surface area contributed by atoms with Crippen molar-refractivity contribution in [2.45, 2.75) is 6.42 Å². The van der Waals surface area contributed by atoms with Crippen LogP contribution in [0.2, 0.25) is 0 Å². The minimum Gasteiger partial charge on any atom is -0.481 e. The highest BCUT2D eigenvalue weighted by Crippen LogP contribution is 1.98. The zero-order chi connectivity index (χ0) is 8.15. The standard InChI is InChI=1S/C5H10N2O3/c6-2-3(5(7)10)1-4(8)9/h3H,1-2,6H2,(H2,7,10)(H,8,9). The Hall–Kier alpha value is -1.10. The number of rotatable bonds is 4. The summed E-state index contributed by atoms with van der Waals surface area (Å²) in [6.07, 6.45) is -0.286. The van der Waals surface area contributed by atoms with E-state index in [0.29, 0.717) is 0 Å². The van der Waals surface area contributed by atoms with E-state index in [1.165, 1.54) is 0 Å². The third-order valence-corrected chi connectivity index (χ3v) is 1.11. The van der Waals surface area contributed by atoms with Gasteiger partial charge in [-0.05, 0) is 0 Å². The van der Waals surface area contributed by atoms with Gasteiger partial charge in [0, 0.05) is 6.54 Å². The molecule has 0 aliphatic carbocycles. The van der Waals surface area contributed by atoms with E-state index in [9.17, 15) is 9.59 Å². The van der Waals surface area contributed by atoms with Gasteiger partial charge >= 0.3 is 5.97 Å². The number of carboxylic acids is 1. The van der Waals surface area contributed by atoms with Gasteiger partial charge < -0.3 is 16.6 Å². The first-order chi connectivity index (χ1) is 4.57. The molecule has 0 aliphatic heterocycles. The van der Waals surface area contributed by atoms with Crippen molar-refractivity contribution in [3.05, 3.63) is 0 Å². The van der Waals surface area contributed by atoms with E-state index in [2.05, 4.69) is 0 Å². The van der Waals surface area contributed by atoms with Gasteiger partial charge in [-0.25, -0.2) is 0 Å². The summed E-state index contributed by atoms with van der Waals surface area (Å²) >= 11 is 0. The van der Waals surface area contributed by atoms with Gasteiger partial charge in [-0.1, -0.05) is 0 Å². The number of hydrogen-bond acceptors (Lipinski definition) is 3. The Morgan fingerprint density at radius 2 is 2.00 bits per heavy atom. The van der Waals surface area contributed by atoms with Gasteiger partial charge in [0.25, 0.3) is 0 Å². The van der Waals surface area contributed by atoms with Gasteiger partial charge in [0.15, 0.2) is 0 Å². The minimum absolute atomic E-state index is 0.0123. The molecule has 0 saturated heterocycles. The summed E-state index contributed by atoms with van der Waals surface area (Å²) in [5, 5.41) is 8.20. The molecule has 0 aliphatic rings. The topological polar surface area (TPSA) is 106 Å². The van der Waals surface area contributed by atoms with Crippen LogP contribution in [0.4, 0.5) is 0 Å². The molecule has 0 aromatic rings. The molecule has 1 atom stereocenters. The fourth-order valence-corrected chi connectivity index (χ4v) is 0.511. The maximum absolute atomic E-state index is 10.3. The van der Waals surface area contributed by atoms with E-state index in [1.54, 1.807) is 0 Å². The van der Waals surface area contributed by atoms with E-state index in [4.69, 9.17) is 16.6 Å². The first-order valence-electron chi connectivity index (χ1n) is 2.79. The molecule has 0 fully saturated rings.